The molecule has 1 atom stereocenters. The van der Waals surface area contributed by atoms with Crippen molar-refractivity contribution in [2.24, 2.45) is 5.92 Å². The molecule has 2 heterocycles. The predicted octanol–water partition coefficient (Wildman–Crippen LogP) is 3.03. The third-order valence-corrected chi connectivity index (χ3v) is 8.12. The Bertz CT molecular complexity index is 1100. The zero-order chi connectivity index (χ0) is 23.4. The van der Waals surface area contributed by atoms with Crippen LogP contribution in [0.4, 0.5) is 10.1 Å². The van der Waals surface area contributed by atoms with Gasteiger partial charge in [-0.25, -0.2) is 12.8 Å². The van der Waals surface area contributed by atoms with Gasteiger partial charge in [-0.2, -0.15) is 4.31 Å². The van der Waals surface area contributed by atoms with Crippen molar-refractivity contribution in [1.29, 1.82) is 0 Å². The van der Waals surface area contributed by atoms with Crippen molar-refractivity contribution in [3.8, 4) is 0 Å². The van der Waals surface area contributed by atoms with Gasteiger partial charge in [-0.1, -0.05) is 12.1 Å². The third kappa shape index (κ3) is 5.59. The van der Waals surface area contributed by atoms with Gasteiger partial charge in [0.1, 0.15) is 5.82 Å². The van der Waals surface area contributed by atoms with Gasteiger partial charge in [-0.3, -0.25) is 9.59 Å². The number of carbonyl (C=O) groups excluding carboxylic acids is 2. The molecule has 0 radical (unpaired) electrons. The molecule has 2 aliphatic heterocycles. The SMILES string of the molecule is O=C(Nc1ccc(CC(=O)N2CCCC2)cc1)[C@H]1CCCN(S(=O)(=O)c2ccc(F)cc2)C1. The molecule has 0 spiro atoms. The molecule has 0 aromatic heterocycles. The Morgan fingerprint density at radius 1 is 0.939 bits per heavy atom. The Kier molecular flexibility index (Phi) is 7.09. The number of nitrogens with zero attached hydrogens (tertiary/aromatic N) is 2. The minimum Gasteiger partial charge on any atom is -0.342 e. The summed E-state index contributed by atoms with van der Waals surface area (Å²) >= 11 is 0. The zero-order valence-electron chi connectivity index (χ0n) is 18.4. The highest BCUT2D eigenvalue weighted by atomic mass is 32.2. The number of hydrogen-bond acceptors (Lipinski definition) is 4. The first-order valence-corrected chi connectivity index (χ1v) is 12.7. The third-order valence-electron chi connectivity index (χ3n) is 6.24. The number of likely N-dealkylation sites (tertiary alicyclic amines) is 1. The van der Waals surface area contributed by atoms with Crippen molar-refractivity contribution in [3.63, 3.8) is 0 Å². The molecule has 9 heteroatoms. The largest absolute Gasteiger partial charge is 0.342 e. The summed E-state index contributed by atoms with van der Waals surface area (Å²) in [6.45, 7) is 2.04. The molecule has 2 saturated heterocycles. The summed E-state index contributed by atoms with van der Waals surface area (Å²) in [6.07, 6.45) is 3.60. The van der Waals surface area contributed by atoms with Crippen LogP contribution in [0.2, 0.25) is 0 Å². The number of sulfonamides is 1. The van der Waals surface area contributed by atoms with Gasteiger partial charge in [0.15, 0.2) is 0 Å². The summed E-state index contributed by atoms with van der Waals surface area (Å²) in [7, 11) is -3.79. The minimum absolute atomic E-state index is 0.0176. The van der Waals surface area contributed by atoms with E-state index in [1.165, 1.54) is 16.4 Å². The molecular formula is C24H28FN3O4S. The lowest BCUT2D eigenvalue weighted by Gasteiger charge is -2.31. The van der Waals surface area contributed by atoms with Gasteiger partial charge in [-0.05, 0) is 67.6 Å². The molecule has 2 aromatic rings. The van der Waals surface area contributed by atoms with Gasteiger partial charge in [0.2, 0.25) is 21.8 Å². The monoisotopic (exact) mass is 473 g/mol. The average Bonchev–Trinajstić information content (AvgIpc) is 3.36. The maximum absolute atomic E-state index is 13.2. The quantitative estimate of drug-likeness (QED) is 0.699. The molecule has 0 aliphatic carbocycles. The Morgan fingerprint density at radius 2 is 1.61 bits per heavy atom. The van der Waals surface area contributed by atoms with Crippen LogP contribution in [-0.2, 0) is 26.0 Å². The van der Waals surface area contributed by atoms with Crippen molar-refractivity contribution >= 4 is 27.5 Å². The number of hydrogen-bond donors (Lipinski definition) is 1. The van der Waals surface area contributed by atoms with E-state index in [2.05, 4.69) is 5.32 Å². The van der Waals surface area contributed by atoms with E-state index in [4.69, 9.17) is 0 Å². The smallest absolute Gasteiger partial charge is 0.243 e. The standard InChI is InChI=1S/C24H28FN3O4S/c25-20-7-11-22(12-8-20)33(31,32)28-15-3-4-19(17-28)24(30)26-21-9-5-18(6-10-21)16-23(29)27-13-1-2-14-27/h5-12,19H,1-4,13-17H2,(H,26,30)/t19-/m0/s1. The Hall–Kier alpha value is -2.78. The van der Waals surface area contributed by atoms with Crippen LogP contribution in [0, 0.1) is 11.7 Å². The summed E-state index contributed by atoms with van der Waals surface area (Å²) in [6, 6.07) is 11.9. The normalized spacial score (nSPS) is 19.4. The lowest BCUT2D eigenvalue weighted by atomic mass is 9.98. The summed E-state index contributed by atoms with van der Waals surface area (Å²) in [5.41, 5.74) is 1.50. The molecule has 2 amide bonds. The van der Waals surface area contributed by atoms with Crippen molar-refractivity contribution in [1.82, 2.24) is 9.21 Å². The van der Waals surface area contributed by atoms with E-state index in [9.17, 15) is 22.4 Å². The van der Waals surface area contributed by atoms with Gasteiger partial charge >= 0.3 is 0 Å². The molecule has 2 fully saturated rings. The van der Waals surface area contributed by atoms with Crippen LogP contribution < -0.4 is 5.32 Å². The lowest BCUT2D eigenvalue weighted by molar-refractivity contribution is -0.129. The van der Waals surface area contributed by atoms with Crippen molar-refractivity contribution in [3.05, 3.63) is 59.9 Å². The summed E-state index contributed by atoms with van der Waals surface area (Å²) in [5.74, 6) is -1.11. The highest BCUT2D eigenvalue weighted by molar-refractivity contribution is 7.89. The number of carbonyl (C=O) groups is 2. The summed E-state index contributed by atoms with van der Waals surface area (Å²) in [5, 5.41) is 2.86. The second kappa shape index (κ2) is 10.0. The molecule has 0 bridgehead atoms. The average molecular weight is 474 g/mol. The van der Waals surface area contributed by atoms with E-state index in [1.54, 1.807) is 12.1 Å². The van der Waals surface area contributed by atoms with E-state index in [-0.39, 0.29) is 23.3 Å². The Balaban J connectivity index is 1.35. The highest BCUT2D eigenvalue weighted by Crippen LogP contribution is 2.25. The molecular weight excluding hydrogens is 445 g/mol. The fourth-order valence-electron chi connectivity index (χ4n) is 4.33. The van der Waals surface area contributed by atoms with E-state index in [1.807, 2.05) is 17.0 Å². The minimum atomic E-state index is -3.79. The number of amides is 2. The summed E-state index contributed by atoms with van der Waals surface area (Å²) < 4.78 is 40.2. The van der Waals surface area contributed by atoms with Crippen LogP contribution in [0.1, 0.15) is 31.2 Å². The molecule has 2 aromatic carbocycles. The number of nitrogens with one attached hydrogen (secondary N) is 1. The molecule has 0 unspecified atom stereocenters. The van der Waals surface area contributed by atoms with Gasteiger partial charge in [0.05, 0.1) is 17.2 Å². The van der Waals surface area contributed by atoms with E-state index in [0.29, 0.717) is 31.5 Å². The molecule has 176 valence electrons. The maximum Gasteiger partial charge on any atom is 0.243 e. The van der Waals surface area contributed by atoms with Crippen LogP contribution >= 0.6 is 0 Å². The summed E-state index contributed by atoms with van der Waals surface area (Å²) in [4.78, 5) is 27.0. The van der Waals surface area contributed by atoms with Gasteiger partial charge in [0, 0.05) is 31.9 Å². The van der Waals surface area contributed by atoms with Gasteiger partial charge < -0.3 is 10.2 Å². The number of piperidine rings is 1. The van der Waals surface area contributed by atoms with Crippen molar-refractivity contribution in [2.45, 2.75) is 37.0 Å². The fraction of sp³-hybridized carbons (Fsp3) is 0.417. The fourth-order valence-corrected chi connectivity index (χ4v) is 5.86. The van der Waals surface area contributed by atoms with Crippen molar-refractivity contribution in [2.75, 3.05) is 31.5 Å². The van der Waals surface area contributed by atoms with Crippen LogP contribution in [0.25, 0.3) is 0 Å². The number of benzene rings is 2. The molecule has 1 N–H and O–H groups in total. The number of anilines is 1. The maximum atomic E-state index is 13.2. The van der Waals surface area contributed by atoms with Crippen molar-refractivity contribution < 1.29 is 22.4 Å². The first-order valence-electron chi connectivity index (χ1n) is 11.3. The first kappa shape index (κ1) is 23.4. The second-order valence-electron chi connectivity index (χ2n) is 8.61. The second-order valence-corrected chi connectivity index (χ2v) is 10.5. The lowest BCUT2D eigenvalue weighted by Crippen LogP contribution is -2.43. The number of halogens is 1. The first-order chi connectivity index (χ1) is 15.8. The topological polar surface area (TPSA) is 86.8 Å². The molecule has 2 aliphatic rings. The van der Waals surface area contributed by atoms with Gasteiger partial charge in [0.25, 0.3) is 0 Å². The molecule has 0 saturated carbocycles. The van der Waals surface area contributed by atoms with Crippen LogP contribution in [0.5, 0.6) is 0 Å². The molecule has 7 nitrogen and oxygen atoms in total. The van der Waals surface area contributed by atoms with Crippen LogP contribution in [0.3, 0.4) is 0 Å². The Morgan fingerprint density at radius 3 is 2.27 bits per heavy atom. The van der Waals surface area contributed by atoms with E-state index >= 15 is 0 Å². The molecule has 4 rings (SSSR count). The molecule has 33 heavy (non-hydrogen) atoms. The van der Waals surface area contributed by atoms with E-state index < -0.39 is 21.8 Å². The highest BCUT2D eigenvalue weighted by Gasteiger charge is 2.33. The van der Waals surface area contributed by atoms with Gasteiger partial charge in [-0.15, -0.1) is 0 Å². The van der Waals surface area contributed by atoms with Crippen LogP contribution in [0.15, 0.2) is 53.4 Å². The Labute approximate surface area is 193 Å². The number of rotatable bonds is 6. The van der Waals surface area contributed by atoms with Crippen LogP contribution in [-0.4, -0.2) is 55.6 Å². The van der Waals surface area contributed by atoms with E-state index in [0.717, 1.165) is 43.6 Å². The predicted molar refractivity (Wildman–Crippen MR) is 122 cm³/mol. The zero-order valence-corrected chi connectivity index (χ0v) is 19.2.